The van der Waals surface area contributed by atoms with E-state index in [0.717, 1.165) is 23.9 Å². The maximum Gasteiger partial charge on any atom is 0.262 e. The van der Waals surface area contributed by atoms with Crippen molar-refractivity contribution in [3.8, 4) is 5.75 Å². The number of hydrogen-bond donors (Lipinski definition) is 2. The first-order chi connectivity index (χ1) is 15.2. The highest BCUT2D eigenvalue weighted by molar-refractivity contribution is 5.94. The third kappa shape index (κ3) is 6.04. The molecule has 1 aliphatic heterocycles. The van der Waals surface area contributed by atoms with Crippen LogP contribution in [0.4, 0.5) is 11.4 Å². The first-order valence-electron chi connectivity index (χ1n) is 10.3. The fourth-order valence-electron chi connectivity index (χ4n) is 3.40. The molecule has 160 valence electrons. The van der Waals surface area contributed by atoms with E-state index in [0.29, 0.717) is 36.9 Å². The van der Waals surface area contributed by atoms with Gasteiger partial charge in [-0.2, -0.15) is 0 Å². The lowest BCUT2D eigenvalue weighted by molar-refractivity contribution is -0.119. The average molecular weight is 419 g/mol. The summed E-state index contributed by atoms with van der Waals surface area (Å²) in [6.07, 6.45) is 0. The fraction of sp³-hybridized carbons (Fsp3) is 0.250. The first-order valence-corrected chi connectivity index (χ1v) is 10.3. The van der Waals surface area contributed by atoms with Crippen LogP contribution in [-0.2, 0) is 14.3 Å². The van der Waals surface area contributed by atoms with Gasteiger partial charge in [-0.15, -0.1) is 0 Å². The molecule has 7 nitrogen and oxygen atoms in total. The quantitative estimate of drug-likeness (QED) is 0.615. The number of morpholine rings is 1. The van der Waals surface area contributed by atoms with Crippen LogP contribution in [0.3, 0.4) is 0 Å². The number of fused-ring (bicyclic) bond motifs is 1. The van der Waals surface area contributed by atoms with Crippen LogP contribution in [0.5, 0.6) is 5.75 Å². The fourth-order valence-corrected chi connectivity index (χ4v) is 3.40. The SMILES string of the molecule is O=C(COc1ccc2ccccc2c1)Nc1ccc(NC(=O)CN2CCOCC2)cc1. The summed E-state index contributed by atoms with van der Waals surface area (Å²) in [4.78, 5) is 26.4. The number of carbonyl (C=O) groups excluding carboxylic acids is 2. The number of carbonyl (C=O) groups is 2. The Labute approximate surface area is 180 Å². The minimum absolute atomic E-state index is 0.0672. The predicted molar refractivity (Wildman–Crippen MR) is 120 cm³/mol. The summed E-state index contributed by atoms with van der Waals surface area (Å²) in [5, 5.41) is 7.85. The molecule has 3 aromatic carbocycles. The van der Waals surface area contributed by atoms with Crippen molar-refractivity contribution in [2.45, 2.75) is 0 Å². The lowest BCUT2D eigenvalue weighted by atomic mass is 10.1. The summed E-state index contributed by atoms with van der Waals surface area (Å²) in [5.41, 5.74) is 1.32. The van der Waals surface area contributed by atoms with Crippen LogP contribution >= 0.6 is 0 Å². The number of nitrogens with zero attached hydrogens (tertiary/aromatic N) is 1. The Bertz CT molecular complexity index is 1050. The second kappa shape index (κ2) is 10.1. The van der Waals surface area contributed by atoms with Crippen molar-refractivity contribution in [3.63, 3.8) is 0 Å². The predicted octanol–water partition coefficient (Wildman–Crippen LogP) is 3.13. The van der Waals surface area contributed by atoms with Crippen LogP contribution in [0.15, 0.2) is 66.7 Å². The number of amides is 2. The second-order valence-electron chi connectivity index (χ2n) is 7.36. The summed E-state index contributed by atoms with van der Waals surface area (Å²) in [7, 11) is 0. The normalized spacial score (nSPS) is 14.2. The number of nitrogens with one attached hydrogen (secondary N) is 2. The maximum atomic E-state index is 12.2. The van der Waals surface area contributed by atoms with Crippen molar-refractivity contribution >= 4 is 34.0 Å². The summed E-state index contributed by atoms with van der Waals surface area (Å²) in [6, 6.07) is 20.7. The molecule has 0 saturated carbocycles. The van der Waals surface area contributed by atoms with Crippen LogP contribution in [-0.4, -0.2) is 56.2 Å². The van der Waals surface area contributed by atoms with E-state index in [9.17, 15) is 9.59 Å². The zero-order valence-corrected chi connectivity index (χ0v) is 17.2. The third-order valence-corrected chi connectivity index (χ3v) is 5.01. The molecule has 3 aromatic rings. The molecule has 0 aliphatic carbocycles. The van der Waals surface area contributed by atoms with Crippen molar-refractivity contribution < 1.29 is 19.1 Å². The summed E-state index contributed by atoms with van der Waals surface area (Å²) in [6.45, 7) is 3.10. The number of ether oxygens (including phenoxy) is 2. The van der Waals surface area contributed by atoms with Crippen molar-refractivity contribution in [1.29, 1.82) is 0 Å². The molecule has 2 N–H and O–H groups in total. The number of hydrogen-bond acceptors (Lipinski definition) is 5. The molecule has 1 saturated heterocycles. The molecule has 0 aromatic heterocycles. The van der Waals surface area contributed by atoms with Crippen molar-refractivity contribution in [1.82, 2.24) is 4.90 Å². The highest BCUT2D eigenvalue weighted by Crippen LogP contribution is 2.20. The summed E-state index contributed by atoms with van der Waals surface area (Å²) >= 11 is 0. The van der Waals surface area contributed by atoms with E-state index in [1.807, 2.05) is 42.5 Å². The first kappa shape index (κ1) is 20.8. The molecule has 1 heterocycles. The van der Waals surface area contributed by atoms with Crippen LogP contribution in [0.1, 0.15) is 0 Å². The minimum Gasteiger partial charge on any atom is -0.484 e. The van der Waals surface area contributed by atoms with Gasteiger partial charge >= 0.3 is 0 Å². The third-order valence-electron chi connectivity index (χ3n) is 5.01. The standard InChI is InChI=1S/C24H25N3O4/c28-23(16-27-11-13-30-14-12-27)25-20-6-8-21(9-7-20)26-24(29)17-31-22-10-5-18-3-1-2-4-19(18)15-22/h1-10,15H,11-14,16-17H2,(H,25,28)(H,26,29). The Morgan fingerprint density at radius 3 is 2.19 bits per heavy atom. The molecule has 0 radical (unpaired) electrons. The molecule has 4 rings (SSSR count). The Morgan fingerprint density at radius 2 is 1.48 bits per heavy atom. The monoisotopic (exact) mass is 419 g/mol. The van der Waals surface area contributed by atoms with Gasteiger partial charge in [-0.1, -0.05) is 30.3 Å². The highest BCUT2D eigenvalue weighted by atomic mass is 16.5. The molecule has 1 fully saturated rings. The van der Waals surface area contributed by atoms with E-state index in [1.54, 1.807) is 24.3 Å². The highest BCUT2D eigenvalue weighted by Gasteiger charge is 2.14. The topological polar surface area (TPSA) is 79.9 Å². The lowest BCUT2D eigenvalue weighted by Gasteiger charge is -2.25. The molecule has 0 atom stereocenters. The summed E-state index contributed by atoms with van der Waals surface area (Å²) in [5.74, 6) is 0.326. The van der Waals surface area contributed by atoms with E-state index >= 15 is 0 Å². The van der Waals surface area contributed by atoms with Gasteiger partial charge in [-0.3, -0.25) is 14.5 Å². The van der Waals surface area contributed by atoms with Gasteiger partial charge < -0.3 is 20.1 Å². The molecular weight excluding hydrogens is 394 g/mol. The Hall–Kier alpha value is -3.42. The van der Waals surface area contributed by atoms with Crippen LogP contribution in [0.2, 0.25) is 0 Å². The summed E-state index contributed by atoms with van der Waals surface area (Å²) < 4.78 is 10.9. The van der Waals surface area contributed by atoms with Gasteiger partial charge in [0.25, 0.3) is 5.91 Å². The van der Waals surface area contributed by atoms with Gasteiger partial charge in [0.2, 0.25) is 5.91 Å². The van der Waals surface area contributed by atoms with Crippen molar-refractivity contribution in [2.75, 3.05) is 50.1 Å². The lowest BCUT2D eigenvalue weighted by Crippen LogP contribution is -2.41. The van der Waals surface area contributed by atoms with Crippen molar-refractivity contribution in [2.24, 2.45) is 0 Å². The van der Waals surface area contributed by atoms with E-state index in [1.165, 1.54) is 0 Å². The molecule has 1 aliphatic rings. The van der Waals surface area contributed by atoms with Crippen LogP contribution in [0, 0.1) is 0 Å². The van der Waals surface area contributed by atoms with Gasteiger partial charge in [0.05, 0.1) is 19.8 Å². The smallest absolute Gasteiger partial charge is 0.262 e. The zero-order valence-electron chi connectivity index (χ0n) is 17.2. The molecule has 0 bridgehead atoms. The van der Waals surface area contributed by atoms with Crippen LogP contribution in [0.25, 0.3) is 10.8 Å². The van der Waals surface area contributed by atoms with Gasteiger partial charge in [-0.05, 0) is 47.2 Å². The maximum absolute atomic E-state index is 12.2. The number of benzene rings is 3. The van der Waals surface area contributed by atoms with Crippen molar-refractivity contribution in [3.05, 3.63) is 66.7 Å². The molecule has 2 amide bonds. The average Bonchev–Trinajstić information content (AvgIpc) is 2.79. The van der Waals surface area contributed by atoms with Gasteiger partial charge in [0, 0.05) is 24.5 Å². The Kier molecular flexibility index (Phi) is 6.76. The number of rotatable bonds is 7. The van der Waals surface area contributed by atoms with E-state index in [4.69, 9.17) is 9.47 Å². The molecular formula is C24H25N3O4. The molecule has 7 heteroatoms. The van der Waals surface area contributed by atoms with E-state index in [-0.39, 0.29) is 18.4 Å². The van der Waals surface area contributed by atoms with Gasteiger partial charge in [0.15, 0.2) is 6.61 Å². The van der Waals surface area contributed by atoms with Crippen LogP contribution < -0.4 is 15.4 Å². The molecule has 0 unspecified atom stereocenters. The molecule has 31 heavy (non-hydrogen) atoms. The molecule has 0 spiro atoms. The minimum atomic E-state index is -0.253. The number of anilines is 2. The van der Waals surface area contributed by atoms with Gasteiger partial charge in [0.1, 0.15) is 5.75 Å². The largest absolute Gasteiger partial charge is 0.484 e. The van der Waals surface area contributed by atoms with E-state index in [2.05, 4.69) is 15.5 Å². The second-order valence-corrected chi connectivity index (χ2v) is 7.36. The van der Waals surface area contributed by atoms with E-state index < -0.39 is 0 Å². The zero-order chi connectivity index (χ0) is 21.5. The Morgan fingerprint density at radius 1 is 0.839 bits per heavy atom. The van der Waals surface area contributed by atoms with Gasteiger partial charge in [-0.25, -0.2) is 0 Å². The Balaban J connectivity index is 1.24.